The van der Waals surface area contributed by atoms with Gasteiger partial charge in [-0.05, 0) is 11.6 Å². The van der Waals surface area contributed by atoms with Gasteiger partial charge in [0.1, 0.15) is 6.10 Å². The first-order valence-corrected chi connectivity index (χ1v) is 5.98. The van der Waals surface area contributed by atoms with Gasteiger partial charge in [0.2, 0.25) is 0 Å². The van der Waals surface area contributed by atoms with Crippen molar-refractivity contribution in [3.05, 3.63) is 71.8 Å². The molecule has 0 aliphatic heterocycles. The lowest BCUT2D eigenvalue weighted by molar-refractivity contribution is -0.133. The highest BCUT2D eigenvalue weighted by Gasteiger charge is 2.19. The molecule has 1 aliphatic rings. The number of fused-ring (bicyclic) bond motifs is 1. The lowest BCUT2D eigenvalue weighted by Gasteiger charge is -2.19. The average molecular weight is 250 g/mol. The Bertz CT molecular complexity index is 612. The topological polar surface area (TPSA) is 26.3 Å². The monoisotopic (exact) mass is 250 g/mol. The molecule has 1 aliphatic carbocycles. The van der Waals surface area contributed by atoms with Gasteiger partial charge in [0.15, 0.2) is 0 Å². The largest absolute Gasteiger partial charge is 0.459 e. The van der Waals surface area contributed by atoms with E-state index >= 15 is 0 Å². The number of rotatable bonds is 4. The van der Waals surface area contributed by atoms with Crippen LogP contribution in [0.4, 0.5) is 0 Å². The highest BCUT2D eigenvalue weighted by atomic mass is 16.5. The van der Waals surface area contributed by atoms with Gasteiger partial charge in [0.25, 0.3) is 6.47 Å². The SMILES string of the molecule is C=C/C1=C(\C=C)CC(OC=O)c2ccccc2C#C1. The molecule has 0 saturated carbocycles. The Labute approximate surface area is 113 Å². The van der Waals surface area contributed by atoms with Crippen molar-refractivity contribution in [2.45, 2.75) is 12.5 Å². The van der Waals surface area contributed by atoms with Gasteiger partial charge in [-0.3, -0.25) is 4.79 Å². The number of hydrogen-bond donors (Lipinski definition) is 0. The molecule has 2 nitrogen and oxygen atoms in total. The maximum atomic E-state index is 10.7. The van der Waals surface area contributed by atoms with Gasteiger partial charge in [-0.15, -0.1) is 0 Å². The molecule has 2 rings (SSSR count). The Morgan fingerprint density at radius 2 is 2.00 bits per heavy atom. The molecular formula is C17H14O2. The van der Waals surface area contributed by atoms with Crippen molar-refractivity contribution in [2.24, 2.45) is 0 Å². The maximum absolute atomic E-state index is 10.7. The first kappa shape index (κ1) is 12.9. The number of allylic oxidation sites excluding steroid dienone is 3. The summed E-state index contributed by atoms with van der Waals surface area (Å²) in [7, 11) is 0. The number of benzene rings is 1. The fourth-order valence-corrected chi connectivity index (χ4v) is 2.09. The van der Waals surface area contributed by atoms with Crippen molar-refractivity contribution >= 4 is 6.47 Å². The number of carbonyl (C=O) groups is 1. The first-order chi connectivity index (χ1) is 9.30. The van der Waals surface area contributed by atoms with E-state index in [1.54, 1.807) is 12.2 Å². The van der Waals surface area contributed by atoms with E-state index in [0.29, 0.717) is 12.9 Å². The van der Waals surface area contributed by atoms with E-state index in [2.05, 4.69) is 25.0 Å². The van der Waals surface area contributed by atoms with Crippen LogP contribution in [0.5, 0.6) is 0 Å². The number of carbonyl (C=O) groups excluding carboxylic acids is 1. The van der Waals surface area contributed by atoms with Crippen molar-refractivity contribution in [3.63, 3.8) is 0 Å². The summed E-state index contributed by atoms with van der Waals surface area (Å²) in [6.07, 6.45) is 3.65. The highest BCUT2D eigenvalue weighted by molar-refractivity contribution is 5.54. The zero-order chi connectivity index (χ0) is 13.7. The van der Waals surface area contributed by atoms with Gasteiger partial charge in [0, 0.05) is 23.1 Å². The fourth-order valence-electron chi connectivity index (χ4n) is 2.09. The van der Waals surface area contributed by atoms with E-state index < -0.39 is 0 Å². The van der Waals surface area contributed by atoms with Gasteiger partial charge in [-0.1, -0.05) is 55.3 Å². The zero-order valence-electron chi connectivity index (χ0n) is 10.6. The first-order valence-electron chi connectivity index (χ1n) is 5.98. The van der Waals surface area contributed by atoms with Crippen LogP contribution in [0.3, 0.4) is 0 Å². The second-order valence-corrected chi connectivity index (χ2v) is 4.11. The molecule has 1 atom stereocenters. The molecule has 0 fully saturated rings. The van der Waals surface area contributed by atoms with E-state index in [-0.39, 0.29) is 6.10 Å². The minimum absolute atomic E-state index is 0.341. The van der Waals surface area contributed by atoms with E-state index in [1.807, 2.05) is 24.3 Å². The van der Waals surface area contributed by atoms with Gasteiger partial charge < -0.3 is 4.74 Å². The number of hydrogen-bond acceptors (Lipinski definition) is 2. The van der Waals surface area contributed by atoms with Crippen LogP contribution in [0, 0.1) is 11.8 Å². The van der Waals surface area contributed by atoms with Crippen LogP contribution < -0.4 is 0 Å². The molecule has 0 radical (unpaired) electrons. The highest BCUT2D eigenvalue weighted by Crippen LogP contribution is 2.30. The summed E-state index contributed by atoms with van der Waals surface area (Å²) in [4.78, 5) is 10.7. The van der Waals surface area contributed by atoms with E-state index in [9.17, 15) is 4.79 Å². The van der Waals surface area contributed by atoms with Crippen molar-refractivity contribution in [2.75, 3.05) is 0 Å². The standard InChI is InChI=1S/C17H14O2/c1-3-13-9-10-15-7-5-6-8-16(15)17(19-12-18)11-14(13)4-2/h3-8,12,17H,1-2,11H2/b14-13-. The molecule has 0 spiro atoms. The van der Waals surface area contributed by atoms with Crippen LogP contribution in [-0.2, 0) is 9.53 Å². The van der Waals surface area contributed by atoms with Crippen LogP contribution in [0.25, 0.3) is 0 Å². The molecule has 0 N–H and O–H groups in total. The van der Waals surface area contributed by atoms with Crippen molar-refractivity contribution in [1.29, 1.82) is 0 Å². The molecule has 2 heteroatoms. The molecule has 1 unspecified atom stereocenters. The van der Waals surface area contributed by atoms with Crippen LogP contribution >= 0.6 is 0 Å². The van der Waals surface area contributed by atoms with E-state index in [0.717, 1.165) is 22.3 Å². The molecular weight excluding hydrogens is 236 g/mol. The third kappa shape index (κ3) is 2.66. The van der Waals surface area contributed by atoms with Crippen molar-refractivity contribution in [3.8, 4) is 11.8 Å². The quantitative estimate of drug-likeness (QED) is 0.605. The summed E-state index contributed by atoms with van der Waals surface area (Å²) >= 11 is 0. The molecule has 19 heavy (non-hydrogen) atoms. The van der Waals surface area contributed by atoms with E-state index in [4.69, 9.17) is 4.74 Å². The maximum Gasteiger partial charge on any atom is 0.293 e. The van der Waals surface area contributed by atoms with Crippen LogP contribution in [0.15, 0.2) is 60.7 Å². The minimum Gasteiger partial charge on any atom is -0.459 e. The Kier molecular flexibility index (Phi) is 4.00. The molecule has 0 heterocycles. The Morgan fingerprint density at radius 1 is 1.21 bits per heavy atom. The summed E-state index contributed by atoms with van der Waals surface area (Å²) in [6, 6.07) is 7.68. The average Bonchev–Trinajstić information content (AvgIpc) is 2.44. The smallest absolute Gasteiger partial charge is 0.293 e. The third-order valence-electron chi connectivity index (χ3n) is 3.06. The minimum atomic E-state index is -0.341. The molecule has 0 bridgehead atoms. The second kappa shape index (κ2) is 5.88. The van der Waals surface area contributed by atoms with Crippen LogP contribution in [0.1, 0.15) is 23.7 Å². The molecule has 0 amide bonds. The van der Waals surface area contributed by atoms with Crippen molar-refractivity contribution < 1.29 is 9.53 Å². The lowest BCUT2D eigenvalue weighted by atomic mass is 9.92. The lowest BCUT2D eigenvalue weighted by Crippen LogP contribution is -2.08. The molecule has 0 aromatic heterocycles. The van der Waals surface area contributed by atoms with E-state index in [1.165, 1.54) is 0 Å². The fraction of sp³-hybridized carbons (Fsp3) is 0.118. The van der Waals surface area contributed by atoms with Gasteiger partial charge in [0.05, 0.1) is 0 Å². The van der Waals surface area contributed by atoms with Gasteiger partial charge in [-0.2, -0.15) is 0 Å². The predicted octanol–water partition coefficient (Wildman–Crippen LogP) is 3.32. The summed E-state index contributed by atoms with van der Waals surface area (Å²) in [5.74, 6) is 6.18. The molecule has 1 aromatic rings. The Hall–Kier alpha value is -2.53. The summed E-state index contributed by atoms with van der Waals surface area (Å²) in [6.45, 7) is 8.03. The second-order valence-electron chi connectivity index (χ2n) is 4.11. The zero-order valence-corrected chi connectivity index (χ0v) is 10.6. The summed E-state index contributed by atoms with van der Waals surface area (Å²) in [5.41, 5.74) is 3.55. The molecule has 1 aromatic carbocycles. The normalized spacial score (nSPS) is 20.9. The van der Waals surface area contributed by atoms with Gasteiger partial charge >= 0.3 is 0 Å². The summed E-state index contributed by atoms with van der Waals surface area (Å²) < 4.78 is 5.21. The Balaban J connectivity index is 2.60. The van der Waals surface area contributed by atoms with Gasteiger partial charge in [-0.25, -0.2) is 0 Å². The summed E-state index contributed by atoms with van der Waals surface area (Å²) in [5, 5.41) is 0. The third-order valence-corrected chi connectivity index (χ3v) is 3.06. The predicted molar refractivity (Wildman–Crippen MR) is 75.2 cm³/mol. The van der Waals surface area contributed by atoms with Crippen LogP contribution in [-0.4, -0.2) is 6.47 Å². The number of ether oxygens (including phenoxy) is 1. The van der Waals surface area contributed by atoms with Crippen LogP contribution in [0.2, 0.25) is 0 Å². The molecule has 0 saturated heterocycles. The molecule has 94 valence electrons. The van der Waals surface area contributed by atoms with Crippen molar-refractivity contribution in [1.82, 2.24) is 0 Å². The Morgan fingerprint density at radius 3 is 2.68 bits per heavy atom.